The number of rotatable bonds is 4. The summed E-state index contributed by atoms with van der Waals surface area (Å²) < 4.78 is 46.9. The Morgan fingerprint density at radius 1 is 1.50 bits per heavy atom. The summed E-state index contributed by atoms with van der Waals surface area (Å²) in [5, 5.41) is 4.79. The van der Waals surface area contributed by atoms with E-state index in [1.165, 1.54) is 0 Å². The predicted octanol–water partition coefficient (Wildman–Crippen LogP) is -0.500. The number of alkyl halides is 2. The smallest absolute Gasteiger partial charge is 0.265 e. The third-order valence-electron chi connectivity index (χ3n) is 1.79. The van der Waals surface area contributed by atoms with E-state index < -0.39 is 33.8 Å². The highest BCUT2D eigenvalue weighted by Gasteiger charge is 2.19. The second-order valence-electron chi connectivity index (χ2n) is 3.01. The van der Waals surface area contributed by atoms with Gasteiger partial charge in [0, 0.05) is 6.20 Å². The van der Waals surface area contributed by atoms with Crippen molar-refractivity contribution in [2.24, 2.45) is 10.9 Å². The minimum absolute atomic E-state index is 0.329. The van der Waals surface area contributed by atoms with Crippen LogP contribution in [0.1, 0.15) is 10.5 Å². The molecule has 0 spiro atoms. The Hall–Kier alpha value is -1.48. The van der Waals surface area contributed by atoms with Gasteiger partial charge in [-0.05, 0) is 6.07 Å². The minimum Gasteiger partial charge on any atom is -0.364 e. The Labute approximate surface area is 89.9 Å². The maximum Gasteiger partial charge on any atom is 0.265 e. The van der Waals surface area contributed by atoms with Crippen molar-refractivity contribution in [1.82, 2.24) is 4.57 Å². The van der Waals surface area contributed by atoms with Gasteiger partial charge in [0.15, 0.2) is 0 Å². The molecule has 0 aliphatic carbocycles. The molecule has 0 aliphatic rings. The number of hydrogen-bond acceptors (Lipinski definition) is 3. The molecule has 90 valence electrons. The van der Waals surface area contributed by atoms with Gasteiger partial charge in [0.2, 0.25) is 10.0 Å². The average molecular weight is 253 g/mol. The Bertz CT molecular complexity index is 509. The summed E-state index contributed by atoms with van der Waals surface area (Å²) in [6, 6.07) is 0.861. The summed E-state index contributed by atoms with van der Waals surface area (Å²) in [5.74, 6) is -1.00. The number of aromatic nitrogens is 1. The van der Waals surface area contributed by atoms with Crippen molar-refractivity contribution >= 4 is 15.9 Å². The molecule has 9 heteroatoms. The molecule has 0 aliphatic heterocycles. The Morgan fingerprint density at radius 3 is 2.44 bits per heavy atom. The number of nitrogens with two attached hydrogens (primary N) is 2. The van der Waals surface area contributed by atoms with Crippen molar-refractivity contribution in [3.05, 3.63) is 18.0 Å². The van der Waals surface area contributed by atoms with Crippen LogP contribution in [0.25, 0.3) is 0 Å². The molecule has 1 rings (SSSR count). The summed E-state index contributed by atoms with van der Waals surface area (Å²) in [5.41, 5.74) is 4.58. The molecule has 16 heavy (non-hydrogen) atoms. The van der Waals surface area contributed by atoms with Crippen molar-refractivity contribution in [2.75, 3.05) is 0 Å². The minimum atomic E-state index is -4.05. The van der Waals surface area contributed by atoms with E-state index >= 15 is 0 Å². The van der Waals surface area contributed by atoms with Gasteiger partial charge >= 0.3 is 0 Å². The molecule has 0 saturated carbocycles. The second kappa shape index (κ2) is 4.18. The third-order valence-corrected chi connectivity index (χ3v) is 2.67. The molecule has 0 saturated heterocycles. The van der Waals surface area contributed by atoms with E-state index in [1.54, 1.807) is 0 Å². The fraction of sp³-hybridized carbons (Fsp3) is 0.286. The average Bonchev–Trinajstić information content (AvgIpc) is 2.45. The first-order chi connectivity index (χ1) is 7.21. The summed E-state index contributed by atoms with van der Waals surface area (Å²) in [6.45, 7) is -0.826. The van der Waals surface area contributed by atoms with Gasteiger partial charge in [-0.25, -0.2) is 22.3 Å². The summed E-state index contributed by atoms with van der Waals surface area (Å²) in [7, 11) is -4.05. The van der Waals surface area contributed by atoms with Gasteiger partial charge in [0.1, 0.15) is 10.6 Å². The number of carbonyl (C=O) groups excluding carboxylic acids is 1. The maximum atomic E-state index is 12.1. The molecule has 0 radical (unpaired) electrons. The van der Waals surface area contributed by atoms with Gasteiger partial charge in [-0.15, -0.1) is 0 Å². The summed E-state index contributed by atoms with van der Waals surface area (Å²) >= 11 is 0. The summed E-state index contributed by atoms with van der Waals surface area (Å²) in [4.78, 5) is 10.4. The number of amides is 1. The first kappa shape index (κ1) is 12.6. The van der Waals surface area contributed by atoms with E-state index in [9.17, 15) is 22.0 Å². The topological polar surface area (TPSA) is 108 Å². The lowest BCUT2D eigenvalue weighted by molar-refractivity contribution is 0.0976. The van der Waals surface area contributed by atoms with Crippen LogP contribution in [0.2, 0.25) is 0 Å². The molecule has 0 fully saturated rings. The van der Waals surface area contributed by atoms with E-state index in [-0.39, 0.29) is 5.69 Å². The monoisotopic (exact) mass is 253 g/mol. The van der Waals surface area contributed by atoms with Crippen LogP contribution in [0.3, 0.4) is 0 Å². The fourth-order valence-corrected chi connectivity index (χ4v) is 1.70. The molecular formula is C7H9F2N3O3S. The molecule has 0 aromatic carbocycles. The number of primary sulfonamides is 1. The molecule has 1 amide bonds. The predicted molar refractivity (Wildman–Crippen MR) is 50.3 cm³/mol. The molecular weight excluding hydrogens is 244 g/mol. The largest absolute Gasteiger partial charge is 0.364 e. The SMILES string of the molecule is NC(=O)c1cc(S(N)(=O)=O)cn1CC(F)F. The van der Waals surface area contributed by atoms with Crippen molar-refractivity contribution in [3.63, 3.8) is 0 Å². The highest BCUT2D eigenvalue weighted by molar-refractivity contribution is 7.89. The van der Waals surface area contributed by atoms with Crippen molar-refractivity contribution in [2.45, 2.75) is 17.9 Å². The number of primary amides is 1. The number of halogens is 2. The highest BCUT2D eigenvalue weighted by atomic mass is 32.2. The van der Waals surface area contributed by atoms with Crippen LogP contribution in [-0.2, 0) is 16.6 Å². The van der Waals surface area contributed by atoms with Gasteiger partial charge in [-0.3, -0.25) is 4.79 Å². The zero-order valence-electron chi connectivity index (χ0n) is 7.93. The van der Waals surface area contributed by atoms with Gasteiger partial charge in [-0.2, -0.15) is 0 Å². The van der Waals surface area contributed by atoms with Crippen LogP contribution in [0, 0.1) is 0 Å². The lowest BCUT2D eigenvalue weighted by Gasteiger charge is -2.04. The maximum absolute atomic E-state index is 12.1. The number of hydrogen-bond donors (Lipinski definition) is 2. The molecule has 0 unspecified atom stereocenters. The summed E-state index contributed by atoms with van der Waals surface area (Å²) in [6.07, 6.45) is -1.89. The first-order valence-corrected chi connectivity index (χ1v) is 5.57. The number of sulfonamides is 1. The molecule has 1 aromatic rings. The van der Waals surface area contributed by atoms with Crippen LogP contribution < -0.4 is 10.9 Å². The zero-order valence-corrected chi connectivity index (χ0v) is 8.75. The van der Waals surface area contributed by atoms with Crippen LogP contribution in [0.4, 0.5) is 8.78 Å². The van der Waals surface area contributed by atoms with Crippen LogP contribution in [0.5, 0.6) is 0 Å². The fourth-order valence-electron chi connectivity index (χ4n) is 1.15. The van der Waals surface area contributed by atoms with Gasteiger partial charge in [0.25, 0.3) is 12.3 Å². The van der Waals surface area contributed by atoms with E-state index in [0.717, 1.165) is 16.8 Å². The van der Waals surface area contributed by atoms with Crippen molar-refractivity contribution in [3.8, 4) is 0 Å². The van der Waals surface area contributed by atoms with Gasteiger partial charge in [0.05, 0.1) is 6.54 Å². The van der Waals surface area contributed by atoms with E-state index in [0.29, 0.717) is 0 Å². The van der Waals surface area contributed by atoms with Crippen molar-refractivity contribution in [1.29, 1.82) is 0 Å². The van der Waals surface area contributed by atoms with E-state index in [2.05, 4.69) is 0 Å². The first-order valence-electron chi connectivity index (χ1n) is 4.02. The molecule has 4 N–H and O–H groups in total. The Kier molecular flexibility index (Phi) is 3.29. The lowest BCUT2D eigenvalue weighted by atomic mass is 10.4. The Morgan fingerprint density at radius 2 is 2.06 bits per heavy atom. The quantitative estimate of drug-likeness (QED) is 0.754. The molecule has 1 aromatic heterocycles. The molecule has 6 nitrogen and oxygen atoms in total. The van der Waals surface area contributed by atoms with Crippen molar-refractivity contribution < 1.29 is 22.0 Å². The molecule has 0 atom stereocenters. The Balaban J connectivity index is 3.26. The third kappa shape index (κ3) is 2.76. The normalized spacial score (nSPS) is 12.0. The van der Waals surface area contributed by atoms with E-state index in [1.807, 2.05) is 0 Å². The second-order valence-corrected chi connectivity index (χ2v) is 4.58. The highest BCUT2D eigenvalue weighted by Crippen LogP contribution is 2.14. The molecule has 0 bridgehead atoms. The molecule has 1 heterocycles. The van der Waals surface area contributed by atoms with Crippen LogP contribution in [0.15, 0.2) is 17.2 Å². The van der Waals surface area contributed by atoms with E-state index in [4.69, 9.17) is 10.9 Å². The standard InChI is InChI=1S/C7H9F2N3O3S/c8-6(9)3-12-2-4(16(11,14)15)1-5(12)7(10)13/h1-2,6H,3H2,(H2,10,13)(H2,11,14,15). The zero-order chi connectivity index (χ0) is 12.5. The van der Waals surface area contributed by atoms with Crippen LogP contribution in [-0.4, -0.2) is 25.3 Å². The lowest BCUT2D eigenvalue weighted by Crippen LogP contribution is -2.18. The van der Waals surface area contributed by atoms with Gasteiger partial charge < -0.3 is 10.3 Å². The number of carbonyl (C=O) groups is 1. The van der Waals surface area contributed by atoms with Gasteiger partial charge in [-0.1, -0.05) is 0 Å². The number of nitrogens with zero attached hydrogens (tertiary/aromatic N) is 1. The van der Waals surface area contributed by atoms with Crippen LogP contribution >= 0.6 is 0 Å².